The third-order valence-electron chi connectivity index (χ3n) is 5.63. The molecule has 0 aliphatic carbocycles. The Labute approximate surface area is 188 Å². The van der Waals surface area contributed by atoms with E-state index in [4.69, 9.17) is 0 Å². The number of aryl methyl sites for hydroxylation is 4. The summed E-state index contributed by atoms with van der Waals surface area (Å²) in [6.45, 7) is 7.88. The Morgan fingerprint density at radius 1 is 0.875 bits per heavy atom. The van der Waals surface area contributed by atoms with Crippen molar-refractivity contribution in [2.45, 2.75) is 44.0 Å². The third kappa shape index (κ3) is 4.06. The fourth-order valence-corrected chi connectivity index (χ4v) is 5.59. The van der Waals surface area contributed by atoms with Gasteiger partial charge in [-0.15, -0.1) is 0 Å². The number of nitrogens with one attached hydrogen (secondary N) is 1. The molecule has 1 amide bonds. The third-order valence-corrected chi connectivity index (χ3v) is 7.43. The Morgan fingerprint density at radius 2 is 1.50 bits per heavy atom. The normalized spacial score (nSPS) is 11.6. The minimum atomic E-state index is -3.73. The molecule has 5 nitrogen and oxygen atoms in total. The number of hydrogen-bond acceptors (Lipinski definition) is 3. The van der Waals surface area contributed by atoms with Crippen molar-refractivity contribution in [3.8, 4) is 0 Å². The molecule has 0 atom stereocenters. The van der Waals surface area contributed by atoms with Gasteiger partial charge in [0.2, 0.25) is 15.7 Å². The summed E-state index contributed by atoms with van der Waals surface area (Å²) < 4.78 is 28.4. The summed E-state index contributed by atoms with van der Waals surface area (Å²) >= 11 is 0. The second-order valence-corrected chi connectivity index (χ2v) is 10.2. The van der Waals surface area contributed by atoms with Gasteiger partial charge in [0.15, 0.2) is 0 Å². The van der Waals surface area contributed by atoms with Gasteiger partial charge in [-0.05, 0) is 57.0 Å². The van der Waals surface area contributed by atoms with Crippen molar-refractivity contribution in [3.63, 3.8) is 0 Å². The van der Waals surface area contributed by atoms with Gasteiger partial charge >= 0.3 is 0 Å². The first-order chi connectivity index (χ1) is 15.2. The number of carbonyl (C=O) groups excluding carboxylic acids is 1. The summed E-state index contributed by atoms with van der Waals surface area (Å²) in [6.07, 6.45) is 1.56. The molecule has 4 aromatic rings. The molecule has 1 aromatic heterocycles. The molecule has 0 saturated carbocycles. The summed E-state index contributed by atoms with van der Waals surface area (Å²) in [7, 11) is -3.73. The number of fused-ring (bicyclic) bond motifs is 1. The van der Waals surface area contributed by atoms with Gasteiger partial charge in [0, 0.05) is 22.8 Å². The van der Waals surface area contributed by atoms with E-state index in [1.165, 1.54) is 0 Å². The van der Waals surface area contributed by atoms with Crippen LogP contribution in [0.5, 0.6) is 0 Å². The number of hydrogen-bond donors (Lipinski definition) is 1. The molecule has 164 valence electrons. The van der Waals surface area contributed by atoms with Crippen LogP contribution in [0.4, 0.5) is 5.69 Å². The second-order valence-electron chi connectivity index (χ2n) is 8.28. The van der Waals surface area contributed by atoms with Crippen molar-refractivity contribution in [1.29, 1.82) is 0 Å². The van der Waals surface area contributed by atoms with Gasteiger partial charge in [-0.2, -0.15) is 0 Å². The van der Waals surface area contributed by atoms with Gasteiger partial charge in [-0.3, -0.25) is 4.79 Å². The van der Waals surface area contributed by atoms with Crippen LogP contribution in [0.25, 0.3) is 10.9 Å². The molecule has 0 fully saturated rings. The maximum atomic E-state index is 13.4. The van der Waals surface area contributed by atoms with Crippen LogP contribution in [0.2, 0.25) is 0 Å². The molecule has 3 aromatic carbocycles. The predicted molar refractivity (Wildman–Crippen MR) is 128 cm³/mol. The van der Waals surface area contributed by atoms with Crippen molar-refractivity contribution in [2.24, 2.45) is 0 Å². The molecule has 0 saturated heterocycles. The van der Waals surface area contributed by atoms with E-state index in [0.29, 0.717) is 10.9 Å². The smallest absolute Gasteiger partial charge is 0.244 e. The minimum absolute atomic E-state index is 0.0106. The molecular formula is C26H26N2O3S. The molecular weight excluding hydrogens is 420 g/mol. The molecule has 0 bridgehead atoms. The van der Waals surface area contributed by atoms with Crippen LogP contribution in [0.1, 0.15) is 22.3 Å². The fourth-order valence-electron chi connectivity index (χ4n) is 4.11. The molecule has 0 radical (unpaired) electrons. The van der Waals surface area contributed by atoms with E-state index in [1.54, 1.807) is 47.2 Å². The van der Waals surface area contributed by atoms with Crippen LogP contribution < -0.4 is 5.32 Å². The molecule has 0 unspecified atom stereocenters. The summed E-state index contributed by atoms with van der Waals surface area (Å²) in [5, 5.41) is 3.60. The van der Waals surface area contributed by atoms with Crippen LogP contribution in [0.3, 0.4) is 0 Å². The Kier molecular flexibility index (Phi) is 5.65. The molecule has 4 rings (SSSR count). The first-order valence-corrected chi connectivity index (χ1v) is 11.9. The van der Waals surface area contributed by atoms with Crippen LogP contribution in [-0.4, -0.2) is 18.9 Å². The number of anilines is 1. The number of sulfone groups is 1. The summed E-state index contributed by atoms with van der Waals surface area (Å²) in [4.78, 5) is 13.3. The summed E-state index contributed by atoms with van der Waals surface area (Å²) in [5.74, 6) is -0.208. The number of nitrogens with zero attached hydrogens (tertiary/aromatic N) is 1. The highest BCUT2D eigenvalue weighted by atomic mass is 32.2. The molecule has 1 N–H and O–H groups in total. The Bertz CT molecular complexity index is 1410. The maximum Gasteiger partial charge on any atom is 0.244 e. The van der Waals surface area contributed by atoms with Gasteiger partial charge in [0.05, 0.1) is 9.79 Å². The summed E-state index contributed by atoms with van der Waals surface area (Å²) in [6, 6.07) is 18.1. The number of benzene rings is 3. The molecule has 0 spiro atoms. The fraction of sp³-hybridized carbons (Fsp3) is 0.192. The highest BCUT2D eigenvalue weighted by molar-refractivity contribution is 7.91. The van der Waals surface area contributed by atoms with Crippen LogP contribution in [0.15, 0.2) is 76.7 Å². The lowest BCUT2D eigenvalue weighted by atomic mass is 10.1. The zero-order valence-electron chi connectivity index (χ0n) is 18.6. The predicted octanol–water partition coefficient (Wildman–Crippen LogP) is 5.35. The molecule has 0 aliphatic heterocycles. The van der Waals surface area contributed by atoms with Gasteiger partial charge in [0.1, 0.15) is 6.54 Å². The van der Waals surface area contributed by atoms with Gasteiger partial charge in [-0.25, -0.2) is 8.42 Å². The highest BCUT2D eigenvalue weighted by Crippen LogP contribution is 2.30. The van der Waals surface area contributed by atoms with Gasteiger partial charge in [0.25, 0.3) is 0 Å². The molecule has 0 aliphatic rings. The van der Waals surface area contributed by atoms with Crippen molar-refractivity contribution >= 4 is 32.3 Å². The Morgan fingerprint density at radius 3 is 2.16 bits per heavy atom. The number of para-hydroxylation sites is 1. The molecule has 6 heteroatoms. The van der Waals surface area contributed by atoms with Crippen molar-refractivity contribution in [1.82, 2.24) is 4.57 Å². The average Bonchev–Trinajstić information content (AvgIpc) is 3.10. The number of rotatable bonds is 5. The van der Waals surface area contributed by atoms with E-state index >= 15 is 0 Å². The quantitative estimate of drug-likeness (QED) is 0.450. The van der Waals surface area contributed by atoms with E-state index < -0.39 is 9.84 Å². The van der Waals surface area contributed by atoms with Gasteiger partial charge in [-0.1, -0.05) is 53.6 Å². The Hall–Kier alpha value is -3.38. The lowest BCUT2D eigenvalue weighted by Gasteiger charge is -2.13. The van der Waals surface area contributed by atoms with Gasteiger partial charge < -0.3 is 9.88 Å². The maximum absolute atomic E-state index is 13.4. The zero-order chi connectivity index (χ0) is 23.0. The summed E-state index contributed by atoms with van der Waals surface area (Å²) in [5.41, 5.74) is 5.62. The number of aromatic nitrogens is 1. The van der Waals surface area contributed by atoms with E-state index in [9.17, 15) is 13.2 Å². The standard InChI is InChI=1S/C26H26N2O3S/c1-17-9-11-21(12-10-17)32(30,31)24-15-28(23-8-6-5-7-22(23)24)16-25(29)27-26-19(3)13-18(2)14-20(26)4/h5-15H,16H2,1-4H3,(H,27,29). The van der Waals surface area contributed by atoms with Crippen LogP contribution in [0, 0.1) is 27.7 Å². The molecule has 32 heavy (non-hydrogen) atoms. The van der Waals surface area contributed by atoms with Crippen LogP contribution >= 0.6 is 0 Å². The largest absolute Gasteiger partial charge is 0.337 e. The first-order valence-electron chi connectivity index (χ1n) is 10.4. The monoisotopic (exact) mass is 446 g/mol. The lowest BCUT2D eigenvalue weighted by molar-refractivity contribution is -0.116. The Balaban J connectivity index is 1.71. The average molecular weight is 447 g/mol. The number of amides is 1. The zero-order valence-corrected chi connectivity index (χ0v) is 19.5. The van der Waals surface area contributed by atoms with E-state index in [-0.39, 0.29) is 22.2 Å². The van der Waals surface area contributed by atoms with Crippen molar-refractivity contribution in [3.05, 3.63) is 89.1 Å². The molecule has 1 heterocycles. The van der Waals surface area contributed by atoms with Crippen LogP contribution in [-0.2, 0) is 21.2 Å². The highest BCUT2D eigenvalue weighted by Gasteiger charge is 2.24. The topological polar surface area (TPSA) is 68.2 Å². The van der Waals surface area contributed by atoms with E-state index in [0.717, 1.165) is 27.9 Å². The van der Waals surface area contributed by atoms with E-state index in [1.807, 2.05) is 52.0 Å². The van der Waals surface area contributed by atoms with Crippen molar-refractivity contribution in [2.75, 3.05) is 5.32 Å². The number of carbonyl (C=O) groups is 1. The second kappa shape index (κ2) is 8.28. The minimum Gasteiger partial charge on any atom is -0.337 e. The lowest BCUT2D eigenvalue weighted by Crippen LogP contribution is -2.19. The van der Waals surface area contributed by atoms with Crippen molar-refractivity contribution < 1.29 is 13.2 Å². The van der Waals surface area contributed by atoms with E-state index in [2.05, 4.69) is 5.32 Å². The SMILES string of the molecule is Cc1ccc(S(=O)(=O)c2cn(CC(=O)Nc3c(C)cc(C)cc3C)c3ccccc23)cc1. The first kappa shape index (κ1) is 21.8.